The van der Waals surface area contributed by atoms with Crippen LogP contribution >= 0.6 is 22.9 Å². The monoisotopic (exact) mass is 497 g/mol. The van der Waals surface area contributed by atoms with E-state index in [-0.39, 0.29) is 17.5 Å². The molecule has 0 spiro atoms. The summed E-state index contributed by atoms with van der Waals surface area (Å²) in [6.45, 7) is 0. The average molecular weight is 498 g/mol. The lowest BCUT2D eigenvalue weighted by atomic mass is 10.2. The number of nitro groups is 1. The van der Waals surface area contributed by atoms with Gasteiger partial charge < -0.3 is 15.4 Å². The quantitative estimate of drug-likeness (QED) is 0.260. The van der Waals surface area contributed by atoms with Crippen molar-refractivity contribution in [3.05, 3.63) is 57.5 Å². The zero-order chi connectivity index (χ0) is 23.8. The van der Waals surface area contributed by atoms with E-state index in [2.05, 4.69) is 30.6 Å². The molecule has 0 bridgehead atoms. The fraction of sp³-hybridized carbons (Fsp3) is 0.111. The maximum Gasteiger partial charge on any atom is 0.417 e. The number of benzene rings is 1. The third-order valence-electron chi connectivity index (χ3n) is 4.23. The van der Waals surface area contributed by atoms with E-state index in [0.29, 0.717) is 28.7 Å². The minimum absolute atomic E-state index is 0.188. The van der Waals surface area contributed by atoms with Gasteiger partial charge >= 0.3 is 11.9 Å². The minimum atomic E-state index is -4.64. The van der Waals surface area contributed by atoms with E-state index in [0.717, 1.165) is 11.0 Å². The van der Waals surface area contributed by atoms with Crippen LogP contribution in [0.5, 0.6) is 5.75 Å². The molecule has 0 aliphatic carbocycles. The van der Waals surface area contributed by atoms with Crippen molar-refractivity contribution in [2.24, 2.45) is 0 Å². The fourth-order valence-electron chi connectivity index (χ4n) is 2.72. The average Bonchev–Trinajstić information content (AvgIpc) is 3.15. The molecule has 2 N–H and O–H groups in total. The third-order valence-corrected chi connectivity index (χ3v) is 5.45. The van der Waals surface area contributed by atoms with Crippen molar-refractivity contribution >= 4 is 61.4 Å². The molecule has 0 saturated heterocycles. The summed E-state index contributed by atoms with van der Waals surface area (Å²) in [5.74, 6) is -0.136. The number of anilines is 4. The molecular weight excluding hydrogens is 487 g/mol. The number of nitrogens with zero attached hydrogens (tertiary/aromatic N) is 5. The molecule has 10 nitrogen and oxygen atoms in total. The fourth-order valence-corrected chi connectivity index (χ4v) is 3.83. The van der Waals surface area contributed by atoms with E-state index in [9.17, 15) is 23.3 Å². The Kier molecular flexibility index (Phi) is 5.86. The van der Waals surface area contributed by atoms with Gasteiger partial charge in [-0.05, 0) is 24.3 Å². The molecule has 0 saturated carbocycles. The number of alkyl halides is 3. The van der Waals surface area contributed by atoms with Crippen LogP contribution < -0.4 is 15.4 Å². The number of halogens is 4. The zero-order valence-electron chi connectivity index (χ0n) is 16.3. The molecule has 0 aliphatic heterocycles. The normalized spacial score (nSPS) is 11.4. The van der Waals surface area contributed by atoms with Gasteiger partial charge in [0.1, 0.15) is 12.1 Å². The minimum Gasteiger partial charge on any atom is -0.497 e. The Balaban J connectivity index is 1.67. The van der Waals surface area contributed by atoms with Gasteiger partial charge in [0.15, 0.2) is 10.9 Å². The first-order valence-electron chi connectivity index (χ1n) is 8.86. The molecule has 170 valence electrons. The van der Waals surface area contributed by atoms with Crippen LogP contribution in [0.25, 0.3) is 10.2 Å². The Hall–Kier alpha value is -3.78. The van der Waals surface area contributed by atoms with Crippen LogP contribution in [0, 0.1) is 10.1 Å². The third kappa shape index (κ3) is 4.70. The summed E-state index contributed by atoms with van der Waals surface area (Å²) in [7, 11) is 1.53. The molecular formula is C18H11ClF3N7O3S. The molecule has 3 aromatic heterocycles. The van der Waals surface area contributed by atoms with E-state index in [1.165, 1.54) is 18.4 Å². The number of hydrogen-bond donors (Lipinski definition) is 2. The van der Waals surface area contributed by atoms with Crippen LogP contribution in [0.1, 0.15) is 5.56 Å². The highest BCUT2D eigenvalue weighted by molar-refractivity contribution is 7.22. The zero-order valence-corrected chi connectivity index (χ0v) is 17.9. The Morgan fingerprint density at radius 2 is 1.85 bits per heavy atom. The molecule has 0 amide bonds. The van der Waals surface area contributed by atoms with Gasteiger partial charge in [-0.25, -0.2) is 19.9 Å². The van der Waals surface area contributed by atoms with Gasteiger partial charge in [-0.15, -0.1) is 0 Å². The first-order chi connectivity index (χ1) is 15.7. The van der Waals surface area contributed by atoms with Crippen molar-refractivity contribution in [3.63, 3.8) is 0 Å². The molecule has 15 heteroatoms. The molecule has 0 aliphatic rings. The highest BCUT2D eigenvalue weighted by Gasteiger charge is 2.32. The van der Waals surface area contributed by atoms with Crippen LogP contribution in [0.4, 0.5) is 41.4 Å². The van der Waals surface area contributed by atoms with Gasteiger partial charge in [0, 0.05) is 6.20 Å². The van der Waals surface area contributed by atoms with Crippen LogP contribution in [-0.2, 0) is 6.18 Å². The van der Waals surface area contributed by atoms with E-state index < -0.39 is 27.4 Å². The number of hydrogen-bond acceptors (Lipinski definition) is 10. The smallest absolute Gasteiger partial charge is 0.417 e. The standard InChI is InChI=1S/C18H11ClF3N7O3S/c1-32-9-2-3-11-12(5-9)33-17(26-11)28-16-13(29(30)31)15(24-7-25-16)27-14-10(19)4-8(6-23-14)18(20,21)22/h2-7H,1H3,(H2,23,24,25,26,27,28). The van der Waals surface area contributed by atoms with E-state index in [1.54, 1.807) is 18.2 Å². The number of rotatable bonds is 6. The predicted molar refractivity (Wildman–Crippen MR) is 116 cm³/mol. The summed E-state index contributed by atoms with van der Waals surface area (Å²) < 4.78 is 44.4. The summed E-state index contributed by atoms with van der Waals surface area (Å²) >= 11 is 7.10. The Bertz CT molecular complexity index is 1370. The van der Waals surface area contributed by atoms with Gasteiger partial charge in [-0.3, -0.25) is 10.1 Å². The number of aromatic nitrogens is 4. The van der Waals surface area contributed by atoms with Crippen LogP contribution in [-0.4, -0.2) is 32.0 Å². The molecule has 4 aromatic rings. The summed E-state index contributed by atoms with van der Waals surface area (Å²) in [5, 5.41) is 17.0. The van der Waals surface area contributed by atoms with Gasteiger partial charge in [0.05, 0.1) is 32.8 Å². The second-order valence-corrected chi connectivity index (χ2v) is 7.77. The van der Waals surface area contributed by atoms with E-state index >= 15 is 0 Å². The van der Waals surface area contributed by atoms with Gasteiger partial charge in [-0.2, -0.15) is 13.2 Å². The summed E-state index contributed by atoms with van der Waals surface area (Å²) in [4.78, 5) is 26.7. The van der Waals surface area contributed by atoms with Crippen LogP contribution in [0.15, 0.2) is 36.8 Å². The Morgan fingerprint density at radius 3 is 2.48 bits per heavy atom. The maximum absolute atomic E-state index is 12.8. The SMILES string of the molecule is COc1ccc2nc(Nc3ncnc(Nc4ncc(C(F)(F)F)cc4Cl)c3[N+](=O)[O-])sc2c1. The maximum atomic E-state index is 12.8. The van der Waals surface area contributed by atoms with Gasteiger partial charge in [-0.1, -0.05) is 22.9 Å². The number of pyridine rings is 1. The lowest BCUT2D eigenvalue weighted by molar-refractivity contribution is -0.383. The second kappa shape index (κ2) is 8.63. The van der Waals surface area contributed by atoms with Crippen molar-refractivity contribution < 1.29 is 22.8 Å². The number of fused-ring (bicyclic) bond motifs is 1. The van der Waals surface area contributed by atoms with Crippen molar-refractivity contribution in [1.82, 2.24) is 19.9 Å². The van der Waals surface area contributed by atoms with Crippen molar-refractivity contribution in [3.8, 4) is 5.75 Å². The molecule has 4 rings (SSSR count). The van der Waals surface area contributed by atoms with E-state index in [1.807, 2.05) is 0 Å². The van der Waals surface area contributed by atoms with Crippen LogP contribution in [0.3, 0.4) is 0 Å². The van der Waals surface area contributed by atoms with Gasteiger partial charge in [0.2, 0.25) is 11.6 Å². The Labute approximate surface area is 191 Å². The number of nitrogens with one attached hydrogen (secondary N) is 2. The van der Waals surface area contributed by atoms with Crippen molar-refractivity contribution in [1.29, 1.82) is 0 Å². The number of methoxy groups -OCH3 is 1. The second-order valence-electron chi connectivity index (χ2n) is 6.33. The topological polar surface area (TPSA) is 128 Å². The lowest BCUT2D eigenvalue weighted by Crippen LogP contribution is -2.08. The molecule has 0 unspecified atom stereocenters. The molecule has 0 radical (unpaired) electrons. The van der Waals surface area contributed by atoms with Crippen LogP contribution in [0.2, 0.25) is 5.02 Å². The lowest BCUT2D eigenvalue weighted by Gasteiger charge is -2.11. The number of ether oxygens (including phenoxy) is 1. The largest absolute Gasteiger partial charge is 0.497 e. The Morgan fingerprint density at radius 1 is 1.12 bits per heavy atom. The van der Waals surface area contributed by atoms with Crippen molar-refractivity contribution in [2.45, 2.75) is 6.18 Å². The van der Waals surface area contributed by atoms with E-state index in [4.69, 9.17) is 16.3 Å². The number of thiazole rings is 1. The highest BCUT2D eigenvalue weighted by atomic mass is 35.5. The summed E-state index contributed by atoms with van der Waals surface area (Å²) in [5.41, 5.74) is -1.00. The van der Waals surface area contributed by atoms with Crippen molar-refractivity contribution in [2.75, 3.05) is 17.7 Å². The highest BCUT2D eigenvalue weighted by Crippen LogP contribution is 2.38. The summed E-state index contributed by atoms with van der Waals surface area (Å²) in [6.07, 6.45) is -3.06. The first-order valence-corrected chi connectivity index (χ1v) is 10.1. The molecule has 33 heavy (non-hydrogen) atoms. The molecule has 0 atom stereocenters. The molecule has 1 aromatic carbocycles. The molecule has 0 fully saturated rings. The predicted octanol–water partition coefficient (Wildman–Crippen LogP) is 5.56. The summed E-state index contributed by atoms with van der Waals surface area (Å²) in [6, 6.07) is 5.87. The van der Waals surface area contributed by atoms with Gasteiger partial charge in [0.25, 0.3) is 0 Å². The molecule has 3 heterocycles. The first kappa shape index (κ1) is 22.4.